The van der Waals surface area contributed by atoms with E-state index < -0.39 is 10.2 Å². The first-order valence-corrected chi connectivity index (χ1v) is 7.97. The molecular weight excluding hydrogens is 276 g/mol. The number of nitrogens with zero attached hydrogens (tertiary/aromatic N) is 2. The average molecular weight is 292 g/mol. The standard InChI is InChI=1S/C13H16N4O2S/c18-20(19,17-8-1-2-9-17)16-12-5-3-4-11(10-12)13-6-7-14-15-13/h3-7,10,16H,1-2,8-9H2,(H,14,15). The number of aromatic amines is 1. The van der Waals surface area contributed by atoms with E-state index in [1.165, 1.54) is 4.31 Å². The van der Waals surface area contributed by atoms with Gasteiger partial charge in [0.1, 0.15) is 0 Å². The van der Waals surface area contributed by atoms with Gasteiger partial charge in [-0.15, -0.1) is 0 Å². The van der Waals surface area contributed by atoms with Crippen molar-refractivity contribution in [1.82, 2.24) is 14.5 Å². The molecule has 1 aliphatic heterocycles. The van der Waals surface area contributed by atoms with Crippen LogP contribution in [-0.4, -0.2) is 36.0 Å². The molecule has 0 atom stereocenters. The Kier molecular flexibility index (Phi) is 3.45. The van der Waals surface area contributed by atoms with E-state index in [0.29, 0.717) is 18.8 Å². The molecule has 0 bridgehead atoms. The molecule has 1 fully saturated rings. The molecule has 2 aromatic rings. The zero-order valence-electron chi connectivity index (χ0n) is 10.9. The van der Waals surface area contributed by atoms with E-state index in [2.05, 4.69) is 14.9 Å². The van der Waals surface area contributed by atoms with Crippen molar-refractivity contribution in [3.63, 3.8) is 0 Å². The van der Waals surface area contributed by atoms with Gasteiger partial charge in [0.25, 0.3) is 0 Å². The second kappa shape index (κ2) is 5.26. The van der Waals surface area contributed by atoms with Crippen LogP contribution in [0.15, 0.2) is 36.5 Å². The molecule has 3 rings (SSSR count). The fourth-order valence-corrected chi connectivity index (χ4v) is 3.60. The second-order valence-corrected chi connectivity index (χ2v) is 6.44. The Morgan fingerprint density at radius 3 is 2.70 bits per heavy atom. The number of hydrogen-bond acceptors (Lipinski definition) is 3. The van der Waals surface area contributed by atoms with Crippen LogP contribution in [0.4, 0.5) is 5.69 Å². The van der Waals surface area contributed by atoms with Crippen LogP contribution in [0.5, 0.6) is 0 Å². The van der Waals surface area contributed by atoms with Gasteiger partial charge in [0.05, 0.1) is 11.4 Å². The van der Waals surface area contributed by atoms with Gasteiger partial charge in [0.15, 0.2) is 0 Å². The lowest BCUT2D eigenvalue weighted by atomic mass is 10.1. The minimum atomic E-state index is -3.44. The Labute approximate surface area is 118 Å². The lowest BCUT2D eigenvalue weighted by Gasteiger charge is -2.17. The third-order valence-corrected chi connectivity index (χ3v) is 4.86. The molecular formula is C13H16N4O2S. The lowest BCUT2D eigenvalue weighted by molar-refractivity contribution is 0.482. The molecule has 6 nitrogen and oxygen atoms in total. The van der Waals surface area contributed by atoms with Gasteiger partial charge in [-0.3, -0.25) is 9.82 Å². The minimum absolute atomic E-state index is 0.559. The van der Waals surface area contributed by atoms with Gasteiger partial charge >= 0.3 is 10.2 Å². The van der Waals surface area contributed by atoms with E-state index >= 15 is 0 Å². The highest BCUT2D eigenvalue weighted by atomic mass is 32.2. The summed E-state index contributed by atoms with van der Waals surface area (Å²) in [6, 6.07) is 9.10. The first kappa shape index (κ1) is 13.1. The summed E-state index contributed by atoms with van der Waals surface area (Å²) in [5.74, 6) is 0. The first-order valence-electron chi connectivity index (χ1n) is 6.53. The van der Waals surface area contributed by atoms with Crippen molar-refractivity contribution >= 4 is 15.9 Å². The lowest BCUT2D eigenvalue weighted by Crippen LogP contribution is -2.33. The zero-order valence-corrected chi connectivity index (χ0v) is 11.7. The van der Waals surface area contributed by atoms with Gasteiger partial charge in [0, 0.05) is 24.8 Å². The highest BCUT2D eigenvalue weighted by Gasteiger charge is 2.25. The number of anilines is 1. The Morgan fingerprint density at radius 2 is 2.00 bits per heavy atom. The zero-order chi connectivity index (χ0) is 14.0. The second-order valence-electron chi connectivity index (χ2n) is 4.76. The van der Waals surface area contributed by atoms with Crippen LogP contribution < -0.4 is 4.72 Å². The third kappa shape index (κ3) is 2.68. The van der Waals surface area contributed by atoms with Crippen LogP contribution in [0, 0.1) is 0 Å². The molecule has 0 spiro atoms. The molecule has 1 saturated heterocycles. The molecule has 7 heteroatoms. The Hall–Kier alpha value is -1.86. The summed E-state index contributed by atoms with van der Waals surface area (Å²) < 4.78 is 28.5. The summed E-state index contributed by atoms with van der Waals surface area (Å²) in [4.78, 5) is 0. The Morgan fingerprint density at radius 1 is 1.20 bits per heavy atom. The third-order valence-electron chi connectivity index (χ3n) is 3.33. The maximum Gasteiger partial charge on any atom is 0.301 e. The molecule has 1 aromatic heterocycles. The summed E-state index contributed by atoms with van der Waals surface area (Å²) in [5.41, 5.74) is 2.31. The van der Waals surface area contributed by atoms with E-state index in [1.54, 1.807) is 18.3 Å². The van der Waals surface area contributed by atoms with Crippen LogP contribution in [-0.2, 0) is 10.2 Å². The molecule has 1 aromatic carbocycles. The number of aromatic nitrogens is 2. The maximum atomic E-state index is 12.2. The molecule has 0 aliphatic carbocycles. The summed E-state index contributed by atoms with van der Waals surface area (Å²) >= 11 is 0. The predicted octanol–water partition coefficient (Wildman–Crippen LogP) is 1.83. The van der Waals surface area contributed by atoms with Gasteiger partial charge in [-0.05, 0) is 31.0 Å². The summed E-state index contributed by atoms with van der Waals surface area (Å²) in [6.45, 7) is 1.19. The van der Waals surface area contributed by atoms with Crippen molar-refractivity contribution in [2.45, 2.75) is 12.8 Å². The topological polar surface area (TPSA) is 78.1 Å². The first-order chi connectivity index (χ1) is 9.65. The Bertz CT molecular complexity index is 676. The van der Waals surface area contributed by atoms with Gasteiger partial charge in [-0.1, -0.05) is 12.1 Å². The monoisotopic (exact) mass is 292 g/mol. The molecule has 2 heterocycles. The van der Waals surface area contributed by atoms with Gasteiger partial charge < -0.3 is 0 Å². The van der Waals surface area contributed by atoms with Crippen LogP contribution in [0.25, 0.3) is 11.3 Å². The van der Waals surface area contributed by atoms with Gasteiger partial charge in [-0.25, -0.2) is 0 Å². The van der Waals surface area contributed by atoms with Crippen molar-refractivity contribution in [3.05, 3.63) is 36.5 Å². The van der Waals surface area contributed by atoms with E-state index in [4.69, 9.17) is 0 Å². The summed E-state index contributed by atoms with van der Waals surface area (Å²) in [6.07, 6.45) is 3.51. The quantitative estimate of drug-likeness (QED) is 0.902. The van der Waals surface area contributed by atoms with Crippen LogP contribution >= 0.6 is 0 Å². The SMILES string of the molecule is O=S(=O)(Nc1cccc(-c2ccn[nH]2)c1)N1CCCC1. The highest BCUT2D eigenvalue weighted by Crippen LogP contribution is 2.22. The number of hydrogen-bond donors (Lipinski definition) is 2. The van der Waals surface area contributed by atoms with Crippen molar-refractivity contribution in [2.75, 3.05) is 17.8 Å². The molecule has 0 saturated carbocycles. The minimum Gasteiger partial charge on any atom is -0.278 e. The number of rotatable bonds is 4. The molecule has 106 valence electrons. The van der Waals surface area contributed by atoms with Gasteiger partial charge in [0.2, 0.25) is 0 Å². The molecule has 0 radical (unpaired) electrons. The van der Waals surface area contributed by atoms with E-state index in [-0.39, 0.29) is 0 Å². The van der Waals surface area contributed by atoms with Crippen LogP contribution in [0.3, 0.4) is 0 Å². The van der Waals surface area contributed by atoms with Crippen molar-refractivity contribution in [3.8, 4) is 11.3 Å². The Balaban J connectivity index is 1.83. The highest BCUT2D eigenvalue weighted by molar-refractivity contribution is 7.90. The molecule has 20 heavy (non-hydrogen) atoms. The van der Waals surface area contributed by atoms with Crippen molar-refractivity contribution in [2.24, 2.45) is 0 Å². The van der Waals surface area contributed by atoms with Crippen molar-refractivity contribution in [1.29, 1.82) is 0 Å². The molecule has 0 amide bonds. The van der Waals surface area contributed by atoms with E-state index in [1.807, 2.05) is 18.2 Å². The van der Waals surface area contributed by atoms with Gasteiger partial charge in [-0.2, -0.15) is 17.8 Å². The van der Waals surface area contributed by atoms with E-state index in [9.17, 15) is 8.42 Å². The summed E-state index contributed by atoms with van der Waals surface area (Å²) in [5, 5.41) is 6.75. The largest absolute Gasteiger partial charge is 0.301 e. The average Bonchev–Trinajstić information content (AvgIpc) is 3.12. The predicted molar refractivity (Wildman–Crippen MR) is 77.4 cm³/mol. The number of H-pyrrole nitrogens is 1. The molecule has 2 N–H and O–H groups in total. The fourth-order valence-electron chi connectivity index (χ4n) is 2.31. The van der Waals surface area contributed by atoms with Crippen LogP contribution in [0.1, 0.15) is 12.8 Å². The van der Waals surface area contributed by atoms with Crippen molar-refractivity contribution < 1.29 is 8.42 Å². The summed E-state index contributed by atoms with van der Waals surface area (Å²) in [7, 11) is -3.44. The number of nitrogens with one attached hydrogen (secondary N) is 2. The maximum absolute atomic E-state index is 12.2. The molecule has 0 unspecified atom stereocenters. The fraction of sp³-hybridized carbons (Fsp3) is 0.308. The normalized spacial score (nSPS) is 16.4. The number of benzene rings is 1. The van der Waals surface area contributed by atoms with Crippen LogP contribution in [0.2, 0.25) is 0 Å². The smallest absolute Gasteiger partial charge is 0.278 e. The van der Waals surface area contributed by atoms with E-state index in [0.717, 1.165) is 24.1 Å². The molecule has 1 aliphatic rings.